The summed E-state index contributed by atoms with van der Waals surface area (Å²) in [7, 11) is 0. The van der Waals surface area contributed by atoms with Gasteiger partial charge in [-0.25, -0.2) is 4.98 Å². The summed E-state index contributed by atoms with van der Waals surface area (Å²) in [6.07, 6.45) is 3.81. The van der Waals surface area contributed by atoms with Crippen LogP contribution in [0.1, 0.15) is 12.7 Å². The predicted molar refractivity (Wildman–Crippen MR) is 55.1 cm³/mol. The first kappa shape index (κ1) is 10.5. The molecule has 1 rings (SSSR count). The molecule has 1 aromatic heterocycles. The van der Waals surface area contributed by atoms with Gasteiger partial charge in [0.25, 0.3) is 0 Å². The highest BCUT2D eigenvalue weighted by atomic mass is 35.5. The van der Waals surface area contributed by atoms with Crippen LogP contribution in [0.15, 0.2) is 12.4 Å². The van der Waals surface area contributed by atoms with Crippen molar-refractivity contribution in [3.05, 3.63) is 18.2 Å². The largest absolute Gasteiger partial charge is 0.334 e. The minimum absolute atomic E-state index is 0.198. The Morgan fingerprint density at radius 1 is 1.69 bits per heavy atom. The van der Waals surface area contributed by atoms with Gasteiger partial charge in [0.2, 0.25) is 0 Å². The molecule has 0 aliphatic heterocycles. The highest BCUT2D eigenvalue weighted by Crippen LogP contribution is 1.94. The minimum Gasteiger partial charge on any atom is -0.334 e. The van der Waals surface area contributed by atoms with Gasteiger partial charge in [-0.15, -0.1) is 11.6 Å². The maximum Gasteiger partial charge on any atom is 0.105 e. The molecule has 0 bridgehead atoms. The molecule has 74 valence electrons. The molecular weight excluding hydrogens is 186 g/mol. The number of nitrogens with zero attached hydrogens (tertiary/aromatic N) is 2. The fourth-order valence-electron chi connectivity index (χ4n) is 1.14. The summed E-state index contributed by atoms with van der Waals surface area (Å²) < 4.78 is 2.12. The van der Waals surface area contributed by atoms with E-state index >= 15 is 0 Å². The number of halogens is 1. The molecule has 1 heterocycles. The van der Waals surface area contributed by atoms with Gasteiger partial charge in [0, 0.05) is 37.4 Å². The Morgan fingerprint density at radius 2 is 2.46 bits per heavy atom. The van der Waals surface area contributed by atoms with Crippen LogP contribution in [0, 0.1) is 6.92 Å². The van der Waals surface area contributed by atoms with E-state index in [9.17, 15) is 0 Å². The van der Waals surface area contributed by atoms with Gasteiger partial charge in [-0.2, -0.15) is 0 Å². The summed E-state index contributed by atoms with van der Waals surface area (Å²) in [5.41, 5.74) is 0. The smallest absolute Gasteiger partial charge is 0.105 e. The fraction of sp³-hybridized carbons (Fsp3) is 0.667. The van der Waals surface area contributed by atoms with E-state index in [0.29, 0.717) is 0 Å². The van der Waals surface area contributed by atoms with E-state index in [0.717, 1.165) is 25.5 Å². The quantitative estimate of drug-likeness (QED) is 0.577. The van der Waals surface area contributed by atoms with Crippen LogP contribution in [0.25, 0.3) is 0 Å². The number of hydrogen-bond acceptors (Lipinski definition) is 2. The number of imidazole rings is 1. The molecule has 0 saturated heterocycles. The first-order valence-electron chi connectivity index (χ1n) is 4.52. The molecule has 0 aromatic carbocycles. The van der Waals surface area contributed by atoms with Gasteiger partial charge in [0.05, 0.1) is 0 Å². The first-order valence-corrected chi connectivity index (χ1v) is 4.96. The van der Waals surface area contributed by atoms with Gasteiger partial charge in [0.1, 0.15) is 5.82 Å². The van der Waals surface area contributed by atoms with Crippen LogP contribution < -0.4 is 5.32 Å². The molecular formula is C9H16ClN3. The van der Waals surface area contributed by atoms with Crippen LogP contribution >= 0.6 is 11.6 Å². The zero-order chi connectivity index (χ0) is 9.68. The highest BCUT2D eigenvalue weighted by Gasteiger charge is 1.97. The Labute approximate surface area is 84.1 Å². The van der Waals surface area contributed by atoms with Crippen molar-refractivity contribution in [2.45, 2.75) is 25.8 Å². The molecule has 1 atom stereocenters. The number of nitrogens with one attached hydrogen (secondary N) is 1. The third-order valence-corrected chi connectivity index (χ3v) is 2.03. The van der Waals surface area contributed by atoms with E-state index in [2.05, 4.69) is 14.9 Å². The normalized spacial score (nSPS) is 13.2. The molecule has 4 heteroatoms. The Balaban J connectivity index is 2.17. The van der Waals surface area contributed by atoms with Gasteiger partial charge in [-0.05, 0) is 13.8 Å². The second-order valence-electron chi connectivity index (χ2n) is 3.15. The van der Waals surface area contributed by atoms with Crippen molar-refractivity contribution in [3.63, 3.8) is 0 Å². The van der Waals surface area contributed by atoms with Crippen LogP contribution in [0.5, 0.6) is 0 Å². The van der Waals surface area contributed by atoms with Crippen LogP contribution in [-0.4, -0.2) is 28.0 Å². The average Bonchev–Trinajstić information content (AvgIpc) is 2.45. The lowest BCUT2D eigenvalue weighted by atomic mass is 10.4. The van der Waals surface area contributed by atoms with Crippen LogP contribution in [0.3, 0.4) is 0 Å². The number of rotatable bonds is 5. The molecule has 3 nitrogen and oxygen atoms in total. The maximum absolute atomic E-state index is 5.79. The molecule has 0 radical (unpaired) electrons. The summed E-state index contributed by atoms with van der Waals surface area (Å²) in [6, 6.07) is 0. The molecule has 1 aromatic rings. The first-order chi connectivity index (χ1) is 6.20. The van der Waals surface area contributed by atoms with E-state index in [-0.39, 0.29) is 5.38 Å². The van der Waals surface area contributed by atoms with Gasteiger partial charge >= 0.3 is 0 Å². The molecule has 0 fully saturated rings. The second kappa shape index (κ2) is 5.25. The monoisotopic (exact) mass is 201 g/mol. The Morgan fingerprint density at radius 3 is 3.00 bits per heavy atom. The lowest BCUT2D eigenvalue weighted by molar-refractivity contribution is 0.586. The Kier molecular flexibility index (Phi) is 4.25. The summed E-state index contributed by atoms with van der Waals surface area (Å²) in [5.74, 6) is 1.06. The van der Waals surface area contributed by atoms with E-state index in [4.69, 9.17) is 11.6 Å². The molecule has 0 saturated carbocycles. The van der Waals surface area contributed by atoms with Crippen LogP contribution in [0.4, 0.5) is 0 Å². The van der Waals surface area contributed by atoms with Crippen molar-refractivity contribution in [1.82, 2.24) is 14.9 Å². The Bertz CT molecular complexity index is 245. The summed E-state index contributed by atoms with van der Waals surface area (Å²) in [6.45, 7) is 6.74. The third-order valence-electron chi connectivity index (χ3n) is 1.88. The lowest BCUT2D eigenvalue weighted by Gasteiger charge is -2.07. The number of aryl methyl sites for hydroxylation is 1. The molecule has 13 heavy (non-hydrogen) atoms. The van der Waals surface area contributed by atoms with Gasteiger partial charge in [-0.1, -0.05) is 0 Å². The van der Waals surface area contributed by atoms with Gasteiger partial charge < -0.3 is 9.88 Å². The SMILES string of the molecule is Cc1nccn1CCNCC(C)Cl. The van der Waals surface area contributed by atoms with Crippen LogP contribution in [-0.2, 0) is 6.54 Å². The molecule has 0 aliphatic rings. The van der Waals surface area contributed by atoms with E-state index < -0.39 is 0 Å². The molecule has 1 unspecified atom stereocenters. The van der Waals surface area contributed by atoms with Gasteiger partial charge in [0.15, 0.2) is 0 Å². The zero-order valence-corrected chi connectivity index (χ0v) is 8.88. The van der Waals surface area contributed by atoms with Crippen molar-refractivity contribution in [1.29, 1.82) is 0 Å². The van der Waals surface area contributed by atoms with E-state index in [1.54, 1.807) is 0 Å². The van der Waals surface area contributed by atoms with Crippen molar-refractivity contribution < 1.29 is 0 Å². The topological polar surface area (TPSA) is 29.9 Å². The lowest BCUT2D eigenvalue weighted by Crippen LogP contribution is -2.25. The van der Waals surface area contributed by atoms with Crippen molar-refractivity contribution in [3.8, 4) is 0 Å². The van der Waals surface area contributed by atoms with Crippen molar-refractivity contribution in [2.75, 3.05) is 13.1 Å². The van der Waals surface area contributed by atoms with E-state index in [1.165, 1.54) is 0 Å². The second-order valence-corrected chi connectivity index (χ2v) is 3.90. The minimum atomic E-state index is 0.198. The number of aromatic nitrogens is 2. The predicted octanol–water partition coefficient (Wildman–Crippen LogP) is 1.41. The third kappa shape index (κ3) is 3.79. The highest BCUT2D eigenvalue weighted by molar-refractivity contribution is 6.20. The summed E-state index contributed by atoms with van der Waals surface area (Å²) in [4.78, 5) is 4.14. The summed E-state index contributed by atoms with van der Waals surface area (Å²) in [5, 5.41) is 3.47. The number of alkyl halides is 1. The standard InChI is InChI=1S/C9H16ClN3/c1-8(10)7-11-3-5-13-6-4-12-9(13)2/h4,6,8,11H,3,5,7H2,1-2H3. The number of hydrogen-bond donors (Lipinski definition) is 1. The van der Waals surface area contributed by atoms with Crippen molar-refractivity contribution in [2.24, 2.45) is 0 Å². The molecule has 0 aliphatic carbocycles. The summed E-state index contributed by atoms with van der Waals surface area (Å²) >= 11 is 5.79. The fourth-order valence-corrected chi connectivity index (χ4v) is 1.25. The zero-order valence-electron chi connectivity index (χ0n) is 8.13. The molecule has 1 N–H and O–H groups in total. The van der Waals surface area contributed by atoms with Crippen LogP contribution in [0.2, 0.25) is 0 Å². The molecule has 0 amide bonds. The van der Waals surface area contributed by atoms with Crippen molar-refractivity contribution >= 4 is 11.6 Å². The average molecular weight is 202 g/mol. The van der Waals surface area contributed by atoms with Gasteiger partial charge in [-0.3, -0.25) is 0 Å². The maximum atomic E-state index is 5.79. The van der Waals surface area contributed by atoms with E-state index in [1.807, 2.05) is 26.2 Å². The molecule has 0 spiro atoms. The Hall–Kier alpha value is -0.540.